The van der Waals surface area contributed by atoms with Crippen LogP contribution in [0.4, 0.5) is 16.2 Å². The summed E-state index contributed by atoms with van der Waals surface area (Å²) in [5, 5.41) is 0. The monoisotopic (exact) mass is 505 g/mol. The summed E-state index contributed by atoms with van der Waals surface area (Å²) in [4.78, 5) is 44.9. The number of aryl methyl sites for hydroxylation is 1. The van der Waals surface area contributed by atoms with Gasteiger partial charge in [0.15, 0.2) is 0 Å². The lowest BCUT2D eigenvalue weighted by Crippen LogP contribution is -2.41. The molecule has 3 aromatic rings. The van der Waals surface area contributed by atoms with Gasteiger partial charge in [0.25, 0.3) is 11.8 Å². The fourth-order valence-corrected chi connectivity index (χ4v) is 5.24. The molecular formula is C27H27N3O5S. The van der Waals surface area contributed by atoms with Crippen LogP contribution >= 0.6 is 11.3 Å². The second-order valence-electron chi connectivity index (χ2n) is 8.81. The number of benzene rings is 2. The highest BCUT2D eigenvalue weighted by molar-refractivity contribution is 7.13. The van der Waals surface area contributed by atoms with Crippen LogP contribution in [-0.4, -0.2) is 61.8 Å². The smallest absolute Gasteiger partial charge is 0.414 e. The van der Waals surface area contributed by atoms with Gasteiger partial charge in [-0.05, 0) is 48.9 Å². The molecule has 0 radical (unpaired) electrons. The third kappa shape index (κ3) is 5.27. The number of nitrogens with zero attached hydrogens (tertiary/aromatic N) is 3. The van der Waals surface area contributed by atoms with Crippen molar-refractivity contribution in [3.63, 3.8) is 0 Å². The van der Waals surface area contributed by atoms with Crippen LogP contribution in [0.3, 0.4) is 0 Å². The van der Waals surface area contributed by atoms with Gasteiger partial charge in [0.1, 0.15) is 12.7 Å². The van der Waals surface area contributed by atoms with Gasteiger partial charge < -0.3 is 19.3 Å². The van der Waals surface area contributed by atoms with Crippen LogP contribution in [0, 0.1) is 6.92 Å². The number of carbonyl (C=O) groups is 3. The SMILES string of the molecule is Cc1ccc(C(=O)N(Cc2ccccc2)C[C@H]2CN(c3ccc(N4CCOCC4=O)cc3)C(=O)O2)s1. The standard InChI is InChI=1S/C27H27N3O5S/c1-19-7-12-24(36-19)26(32)28(15-20-5-3-2-4-6-20)16-23-17-30(27(33)35-23)22-10-8-21(9-11-22)29-13-14-34-18-25(29)31/h2-12,23H,13-18H2,1H3/t23-/m0/s1. The van der Waals surface area contributed by atoms with E-state index in [2.05, 4.69) is 0 Å². The van der Waals surface area contributed by atoms with Gasteiger partial charge in [-0.2, -0.15) is 0 Å². The van der Waals surface area contributed by atoms with E-state index in [0.717, 1.165) is 16.1 Å². The van der Waals surface area contributed by atoms with Crippen molar-refractivity contribution in [2.24, 2.45) is 0 Å². The van der Waals surface area contributed by atoms with E-state index in [1.165, 1.54) is 11.3 Å². The lowest BCUT2D eigenvalue weighted by molar-refractivity contribution is -0.125. The van der Waals surface area contributed by atoms with Gasteiger partial charge >= 0.3 is 6.09 Å². The Balaban J connectivity index is 1.29. The molecule has 2 aliphatic rings. The van der Waals surface area contributed by atoms with Crippen molar-refractivity contribution in [1.29, 1.82) is 0 Å². The topological polar surface area (TPSA) is 79.4 Å². The molecule has 2 saturated heterocycles. The molecule has 0 N–H and O–H groups in total. The minimum absolute atomic E-state index is 0.0745. The normalized spacial score (nSPS) is 17.9. The number of morpholine rings is 1. The van der Waals surface area contributed by atoms with Crippen molar-refractivity contribution < 1.29 is 23.9 Å². The molecule has 0 bridgehead atoms. The fraction of sp³-hybridized carbons (Fsp3) is 0.296. The lowest BCUT2D eigenvalue weighted by atomic mass is 10.2. The number of hydrogen-bond acceptors (Lipinski definition) is 6. The summed E-state index contributed by atoms with van der Waals surface area (Å²) in [6.45, 7) is 4.08. The Hall–Kier alpha value is -3.69. The van der Waals surface area contributed by atoms with E-state index in [1.54, 1.807) is 14.7 Å². The molecule has 2 aliphatic heterocycles. The number of rotatable bonds is 7. The first-order chi connectivity index (χ1) is 17.5. The number of ether oxygens (including phenoxy) is 2. The van der Waals surface area contributed by atoms with E-state index in [-0.39, 0.29) is 25.0 Å². The molecule has 5 rings (SSSR count). The third-order valence-corrected chi connectivity index (χ3v) is 7.20. The van der Waals surface area contributed by atoms with Crippen LogP contribution in [0.2, 0.25) is 0 Å². The van der Waals surface area contributed by atoms with Crippen molar-refractivity contribution in [2.45, 2.75) is 19.6 Å². The molecule has 1 aromatic heterocycles. The van der Waals surface area contributed by atoms with Gasteiger partial charge in [-0.3, -0.25) is 14.5 Å². The summed E-state index contributed by atoms with van der Waals surface area (Å²) in [6, 6.07) is 20.8. The Morgan fingerprint density at radius 1 is 1.00 bits per heavy atom. The minimum atomic E-state index is -0.466. The Kier molecular flexibility index (Phi) is 7.02. The third-order valence-electron chi connectivity index (χ3n) is 6.21. The van der Waals surface area contributed by atoms with Gasteiger partial charge in [-0.1, -0.05) is 30.3 Å². The number of anilines is 2. The molecule has 0 spiro atoms. The van der Waals surface area contributed by atoms with Gasteiger partial charge in [0.05, 0.1) is 24.6 Å². The molecule has 9 heteroatoms. The molecule has 2 aromatic carbocycles. The quantitative estimate of drug-likeness (QED) is 0.483. The highest BCUT2D eigenvalue weighted by atomic mass is 32.1. The maximum absolute atomic E-state index is 13.3. The van der Waals surface area contributed by atoms with Crippen molar-refractivity contribution in [3.8, 4) is 0 Å². The molecule has 3 heterocycles. The Labute approximate surface area is 213 Å². The molecule has 0 aliphatic carbocycles. The van der Waals surface area contributed by atoms with E-state index in [1.807, 2.05) is 73.7 Å². The summed E-state index contributed by atoms with van der Waals surface area (Å²) in [5.74, 6) is -0.162. The molecule has 0 unspecified atom stereocenters. The highest BCUT2D eigenvalue weighted by Crippen LogP contribution is 2.27. The average Bonchev–Trinajstić information content (AvgIpc) is 3.49. The van der Waals surface area contributed by atoms with Crippen LogP contribution in [-0.2, 0) is 20.8 Å². The van der Waals surface area contributed by atoms with Crippen LogP contribution < -0.4 is 9.80 Å². The first-order valence-electron chi connectivity index (χ1n) is 11.8. The lowest BCUT2D eigenvalue weighted by Gasteiger charge is -2.27. The number of amides is 3. The largest absolute Gasteiger partial charge is 0.442 e. The predicted molar refractivity (Wildman–Crippen MR) is 137 cm³/mol. The van der Waals surface area contributed by atoms with E-state index in [9.17, 15) is 14.4 Å². The first kappa shape index (κ1) is 24.0. The Morgan fingerprint density at radius 3 is 2.39 bits per heavy atom. The summed E-state index contributed by atoms with van der Waals surface area (Å²) >= 11 is 1.46. The molecule has 0 saturated carbocycles. The molecule has 3 amide bonds. The van der Waals surface area contributed by atoms with Crippen LogP contribution in [0.15, 0.2) is 66.7 Å². The van der Waals surface area contributed by atoms with E-state index in [4.69, 9.17) is 9.47 Å². The zero-order valence-electron chi connectivity index (χ0n) is 20.0. The van der Waals surface area contributed by atoms with E-state index in [0.29, 0.717) is 36.8 Å². The zero-order valence-corrected chi connectivity index (χ0v) is 20.8. The predicted octanol–water partition coefficient (Wildman–Crippen LogP) is 4.09. The van der Waals surface area contributed by atoms with Crippen LogP contribution in [0.5, 0.6) is 0 Å². The van der Waals surface area contributed by atoms with Crippen molar-refractivity contribution >= 4 is 40.6 Å². The zero-order chi connectivity index (χ0) is 25.1. The van der Waals surface area contributed by atoms with Crippen molar-refractivity contribution in [2.75, 3.05) is 42.6 Å². The summed E-state index contributed by atoms with van der Waals surface area (Å²) in [5.41, 5.74) is 2.46. The maximum Gasteiger partial charge on any atom is 0.414 e. The number of cyclic esters (lactones) is 1. The molecule has 8 nitrogen and oxygen atoms in total. The molecule has 36 heavy (non-hydrogen) atoms. The van der Waals surface area contributed by atoms with Crippen LogP contribution in [0.1, 0.15) is 20.1 Å². The Bertz CT molecular complexity index is 1240. The van der Waals surface area contributed by atoms with Gasteiger partial charge in [0, 0.05) is 29.3 Å². The van der Waals surface area contributed by atoms with Crippen molar-refractivity contribution in [3.05, 3.63) is 82.0 Å². The second-order valence-corrected chi connectivity index (χ2v) is 10.1. The van der Waals surface area contributed by atoms with E-state index < -0.39 is 12.2 Å². The average molecular weight is 506 g/mol. The minimum Gasteiger partial charge on any atom is -0.442 e. The highest BCUT2D eigenvalue weighted by Gasteiger charge is 2.35. The maximum atomic E-state index is 13.3. The van der Waals surface area contributed by atoms with Gasteiger partial charge in [0.2, 0.25) is 0 Å². The summed E-state index contributed by atoms with van der Waals surface area (Å²) in [6.07, 6.45) is -0.916. The summed E-state index contributed by atoms with van der Waals surface area (Å²) in [7, 11) is 0. The fourth-order valence-electron chi connectivity index (χ4n) is 4.41. The molecular weight excluding hydrogens is 478 g/mol. The number of hydrogen-bond donors (Lipinski definition) is 0. The molecule has 2 fully saturated rings. The number of carbonyl (C=O) groups excluding carboxylic acids is 3. The Morgan fingerprint density at radius 2 is 1.72 bits per heavy atom. The summed E-state index contributed by atoms with van der Waals surface area (Å²) < 4.78 is 10.9. The van der Waals surface area contributed by atoms with E-state index >= 15 is 0 Å². The van der Waals surface area contributed by atoms with Gasteiger partial charge in [-0.25, -0.2) is 4.79 Å². The first-order valence-corrected chi connectivity index (χ1v) is 12.7. The van der Waals surface area contributed by atoms with Gasteiger partial charge in [-0.15, -0.1) is 11.3 Å². The van der Waals surface area contributed by atoms with Crippen LogP contribution in [0.25, 0.3) is 0 Å². The molecule has 186 valence electrons. The van der Waals surface area contributed by atoms with Crippen molar-refractivity contribution in [1.82, 2.24) is 4.90 Å². The number of thiophene rings is 1. The second kappa shape index (κ2) is 10.5. The molecule has 1 atom stereocenters.